The molecule has 0 atom stereocenters. The number of rotatable bonds is 3. The van der Waals surface area contributed by atoms with Gasteiger partial charge in [0, 0.05) is 24.9 Å². The van der Waals surface area contributed by atoms with Crippen molar-refractivity contribution in [3.8, 4) is 0 Å². The molecule has 112 valence electrons. The standard InChI is InChI=1S/C15H20N4O2/c1-10-6-12(8-16-7-10)14(20)19(15(3,4)5)9-13-18-17-11(2)21-13/h6-8H,9H2,1-5H3. The maximum atomic E-state index is 12.8. The summed E-state index contributed by atoms with van der Waals surface area (Å²) in [6.45, 7) is 9.82. The maximum absolute atomic E-state index is 12.8. The predicted octanol–water partition coefficient (Wildman–Crippen LogP) is 2.52. The van der Waals surface area contributed by atoms with Crippen LogP contribution in [-0.2, 0) is 6.54 Å². The first-order valence-electron chi connectivity index (χ1n) is 6.80. The summed E-state index contributed by atoms with van der Waals surface area (Å²) in [6.07, 6.45) is 3.30. The highest BCUT2D eigenvalue weighted by Crippen LogP contribution is 2.20. The topological polar surface area (TPSA) is 72.1 Å². The highest BCUT2D eigenvalue weighted by molar-refractivity contribution is 5.94. The Labute approximate surface area is 124 Å². The van der Waals surface area contributed by atoms with Gasteiger partial charge in [0.25, 0.3) is 5.91 Å². The molecule has 0 N–H and O–H groups in total. The molecule has 0 aliphatic heterocycles. The Hall–Kier alpha value is -2.24. The van der Waals surface area contributed by atoms with Gasteiger partial charge in [-0.1, -0.05) is 0 Å². The summed E-state index contributed by atoms with van der Waals surface area (Å²) in [5.41, 5.74) is 1.13. The molecular weight excluding hydrogens is 268 g/mol. The van der Waals surface area contributed by atoms with E-state index in [1.807, 2.05) is 33.8 Å². The van der Waals surface area contributed by atoms with E-state index in [1.165, 1.54) is 0 Å². The van der Waals surface area contributed by atoms with Gasteiger partial charge in [-0.25, -0.2) is 0 Å². The minimum atomic E-state index is -0.372. The van der Waals surface area contributed by atoms with Crippen LogP contribution in [0.4, 0.5) is 0 Å². The predicted molar refractivity (Wildman–Crippen MR) is 77.6 cm³/mol. The molecule has 2 rings (SSSR count). The second-order valence-electron chi connectivity index (χ2n) is 6.03. The van der Waals surface area contributed by atoms with Gasteiger partial charge in [-0.3, -0.25) is 9.78 Å². The second-order valence-corrected chi connectivity index (χ2v) is 6.03. The van der Waals surface area contributed by atoms with E-state index in [9.17, 15) is 4.79 Å². The number of aromatic nitrogens is 3. The molecule has 6 heteroatoms. The lowest BCUT2D eigenvalue weighted by Crippen LogP contribution is -2.45. The number of carbonyl (C=O) groups excluding carboxylic acids is 1. The van der Waals surface area contributed by atoms with Gasteiger partial charge in [0.2, 0.25) is 11.8 Å². The van der Waals surface area contributed by atoms with E-state index in [2.05, 4.69) is 15.2 Å². The smallest absolute Gasteiger partial charge is 0.256 e. The minimum Gasteiger partial charge on any atom is -0.424 e. The van der Waals surface area contributed by atoms with Gasteiger partial charge in [-0.05, 0) is 39.3 Å². The van der Waals surface area contributed by atoms with Crippen LogP contribution in [-0.4, -0.2) is 31.5 Å². The van der Waals surface area contributed by atoms with Gasteiger partial charge in [0.05, 0.1) is 12.1 Å². The highest BCUT2D eigenvalue weighted by atomic mass is 16.4. The van der Waals surface area contributed by atoms with Crippen molar-refractivity contribution < 1.29 is 9.21 Å². The first-order chi connectivity index (χ1) is 9.77. The largest absolute Gasteiger partial charge is 0.424 e. The van der Waals surface area contributed by atoms with Crippen molar-refractivity contribution in [2.75, 3.05) is 0 Å². The number of nitrogens with zero attached hydrogens (tertiary/aromatic N) is 4. The summed E-state index contributed by atoms with van der Waals surface area (Å²) in [7, 11) is 0. The molecule has 0 spiro atoms. The average Bonchev–Trinajstić information content (AvgIpc) is 2.79. The Morgan fingerprint density at radius 3 is 2.48 bits per heavy atom. The van der Waals surface area contributed by atoms with Crippen LogP contribution in [0, 0.1) is 13.8 Å². The molecule has 0 bridgehead atoms. The number of hydrogen-bond donors (Lipinski definition) is 0. The lowest BCUT2D eigenvalue weighted by molar-refractivity contribution is 0.0531. The number of hydrogen-bond acceptors (Lipinski definition) is 5. The summed E-state index contributed by atoms with van der Waals surface area (Å²) in [4.78, 5) is 18.5. The minimum absolute atomic E-state index is 0.102. The quantitative estimate of drug-likeness (QED) is 0.867. The molecule has 0 saturated carbocycles. The normalized spacial score (nSPS) is 11.5. The number of amides is 1. The van der Waals surface area contributed by atoms with Crippen molar-refractivity contribution in [3.05, 3.63) is 41.4 Å². The van der Waals surface area contributed by atoms with Crippen LogP contribution in [0.15, 0.2) is 22.9 Å². The molecule has 2 aromatic heterocycles. The van der Waals surface area contributed by atoms with Crippen LogP contribution in [0.2, 0.25) is 0 Å². The van der Waals surface area contributed by atoms with Crippen LogP contribution < -0.4 is 0 Å². The Kier molecular flexibility index (Phi) is 4.06. The molecule has 2 aromatic rings. The Bertz CT molecular complexity index is 643. The number of pyridine rings is 1. The molecule has 0 aliphatic rings. The van der Waals surface area contributed by atoms with Crippen molar-refractivity contribution in [1.82, 2.24) is 20.1 Å². The van der Waals surface area contributed by atoms with E-state index in [1.54, 1.807) is 24.2 Å². The molecular formula is C15H20N4O2. The molecule has 1 amide bonds. The van der Waals surface area contributed by atoms with Gasteiger partial charge in [0.1, 0.15) is 0 Å². The van der Waals surface area contributed by atoms with Crippen LogP contribution in [0.5, 0.6) is 0 Å². The molecule has 0 aromatic carbocycles. The molecule has 0 aliphatic carbocycles. The zero-order valence-corrected chi connectivity index (χ0v) is 13.0. The fourth-order valence-electron chi connectivity index (χ4n) is 1.98. The van der Waals surface area contributed by atoms with Crippen LogP contribution in [0.3, 0.4) is 0 Å². The van der Waals surface area contributed by atoms with Crippen molar-refractivity contribution in [2.45, 2.75) is 46.7 Å². The van der Waals surface area contributed by atoms with Gasteiger partial charge in [0.15, 0.2) is 0 Å². The molecule has 0 unspecified atom stereocenters. The molecule has 0 saturated heterocycles. The summed E-state index contributed by atoms with van der Waals surface area (Å²) < 4.78 is 5.39. The molecule has 0 fully saturated rings. The second kappa shape index (κ2) is 5.63. The highest BCUT2D eigenvalue weighted by Gasteiger charge is 2.29. The van der Waals surface area contributed by atoms with Crippen molar-refractivity contribution >= 4 is 5.91 Å². The monoisotopic (exact) mass is 288 g/mol. The zero-order valence-electron chi connectivity index (χ0n) is 13.0. The zero-order chi connectivity index (χ0) is 15.6. The summed E-state index contributed by atoms with van der Waals surface area (Å²) in [5.74, 6) is 0.814. The summed E-state index contributed by atoms with van der Waals surface area (Å²) >= 11 is 0. The lowest BCUT2D eigenvalue weighted by atomic mass is 10.0. The van der Waals surface area contributed by atoms with Gasteiger partial charge in [-0.2, -0.15) is 0 Å². The number of carbonyl (C=O) groups is 1. The third-order valence-corrected chi connectivity index (χ3v) is 3.04. The molecule has 2 heterocycles. The van der Waals surface area contributed by atoms with Gasteiger partial charge in [-0.15, -0.1) is 10.2 Å². The Morgan fingerprint density at radius 2 is 1.95 bits per heavy atom. The molecule has 21 heavy (non-hydrogen) atoms. The first kappa shape index (κ1) is 15.2. The molecule has 0 radical (unpaired) electrons. The first-order valence-corrected chi connectivity index (χ1v) is 6.80. The van der Waals surface area contributed by atoms with Crippen molar-refractivity contribution in [3.63, 3.8) is 0 Å². The third kappa shape index (κ3) is 3.65. The van der Waals surface area contributed by atoms with Gasteiger partial charge < -0.3 is 9.32 Å². The average molecular weight is 288 g/mol. The van der Waals surface area contributed by atoms with E-state index in [0.29, 0.717) is 17.3 Å². The van der Waals surface area contributed by atoms with E-state index >= 15 is 0 Å². The van der Waals surface area contributed by atoms with Gasteiger partial charge >= 0.3 is 0 Å². The fraction of sp³-hybridized carbons (Fsp3) is 0.467. The fourth-order valence-corrected chi connectivity index (χ4v) is 1.98. The third-order valence-electron chi connectivity index (χ3n) is 3.04. The Morgan fingerprint density at radius 1 is 1.24 bits per heavy atom. The molecule has 6 nitrogen and oxygen atoms in total. The lowest BCUT2D eigenvalue weighted by Gasteiger charge is -2.34. The van der Waals surface area contributed by atoms with E-state index in [4.69, 9.17) is 4.42 Å². The summed E-state index contributed by atoms with van der Waals surface area (Å²) in [6, 6.07) is 1.83. The maximum Gasteiger partial charge on any atom is 0.256 e. The number of aryl methyl sites for hydroxylation is 2. The van der Waals surface area contributed by atoms with E-state index in [0.717, 1.165) is 5.56 Å². The van der Waals surface area contributed by atoms with E-state index in [-0.39, 0.29) is 18.0 Å². The van der Waals surface area contributed by atoms with Crippen LogP contribution >= 0.6 is 0 Å². The van der Waals surface area contributed by atoms with Crippen molar-refractivity contribution in [2.24, 2.45) is 0 Å². The Balaban J connectivity index is 2.30. The summed E-state index contributed by atoms with van der Waals surface area (Å²) in [5, 5.41) is 7.77. The van der Waals surface area contributed by atoms with Crippen LogP contribution in [0.1, 0.15) is 48.5 Å². The SMILES string of the molecule is Cc1cncc(C(=O)N(Cc2nnc(C)o2)C(C)(C)C)c1. The van der Waals surface area contributed by atoms with Crippen LogP contribution in [0.25, 0.3) is 0 Å². The van der Waals surface area contributed by atoms with E-state index < -0.39 is 0 Å². The van der Waals surface area contributed by atoms with Crippen molar-refractivity contribution in [1.29, 1.82) is 0 Å².